The lowest BCUT2D eigenvalue weighted by Crippen LogP contribution is -2.20. The number of nitrogens with zero attached hydrogens (tertiary/aromatic N) is 2. The third kappa shape index (κ3) is 4.28. The fraction of sp³-hybridized carbons (Fsp3) is 0.0870. The molecule has 0 fully saturated rings. The fourth-order valence-corrected chi connectivity index (χ4v) is 2.84. The molecule has 1 aromatic heterocycles. The van der Waals surface area contributed by atoms with E-state index in [1.165, 1.54) is 0 Å². The number of nitriles is 1. The number of rotatable bonds is 6. The number of halogens is 1. The number of ether oxygens (including phenoxy) is 1. The molecule has 4 aromatic rings. The van der Waals surface area contributed by atoms with Gasteiger partial charge in [-0.1, -0.05) is 12.1 Å². The summed E-state index contributed by atoms with van der Waals surface area (Å²) in [5.74, 6) is 0.606. The van der Waals surface area contributed by atoms with Gasteiger partial charge < -0.3 is 14.5 Å². The standard InChI is InChI=1S/C23H16FN3O3/c24-12-15-1-8-19(9-2-15)29-14-22(28)26-18-6-4-17(5-7-18)23-27-20-11-16(13-25)3-10-21(20)30-23/h1-11H,12,14H2,(H,26,28). The summed E-state index contributed by atoms with van der Waals surface area (Å²) in [5.41, 5.74) is 3.61. The highest BCUT2D eigenvalue weighted by Gasteiger charge is 2.10. The minimum Gasteiger partial charge on any atom is -0.484 e. The molecule has 7 heteroatoms. The molecule has 148 valence electrons. The molecule has 0 aliphatic carbocycles. The first-order chi connectivity index (χ1) is 14.6. The quantitative estimate of drug-likeness (QED) is 0.499. The number of alkyl halides is 1. The summed E-state index contributed by atoms with van der Waals surface area (Å²) >= 11 is 0. The van der Waals surface area contributed by atoms with Crippen molar-refractivity contribution in [1.82, 2.24) is 4.98 Å². The van der Waals surface area contributed by atoms with Crippen LogP contribution in [0.5, 0.6) is 5.75 Å². The summed E-state index contributed by atoms with van der Waals surface area (Å²) in [6.07, 6.45) is 0. The lowest BCUT2D eigenvalue weighted by Gasteiger charge is -2.08. The Bertz CT molecular complexity index is 1230. The van der Waals surface area contributed by atoms with Gasteiger partial charge in [0.05, 0.1) is 11.6 Å². The molecule has 0 aliphatic rings. The molecule has 1 N–H and O–H groups in total. The maximum absolute atomic E-state index is 12.5. The van der Waals surface area contributed by atoms with E-state index in [-0.39, 0.29) is 12.5 Å². The van der Waals surface area contributed by atoms with E-state index >= 15 is 0 Å². The molecule has 4 rings (SSSR count). The normalized spacial score (nSPS) is 10.5. The number of hydrogen-bond acceptors (Lipinski definition) is 5. The van der Waals surface area contributed by atoms with E-state index < -0.39 is 6.67 Å². The molecular weight excluding hydrogens is 385 g/mol. The smallest absolute Gasteiger partial charge is 0.262 e. The maximum atomic E-state index is 12.5. The first-order valence-electron chi connectivity index (χ1n) is 9.13. The van der Waals surface area contributed by atoms with Crippen molar-refractivity contribution in [3.05, 3.63) is 77.9 Å². The van der Waals surface area contributed by atoms with Gasteiger partial charge in [-0.05, 0) is 60.2 Å². The van der Waals surface area contributed by atoms with E-state index in [0.717, 1.165) is 5.56 Å². The van der Waals surface area contributed by atoms with Gasteiger partial charge in [-0.15, -0.1) is 0 Å². The van der Waals surface area contributed by atoms with Crippen molar-refractivity contribution in [2.24, 2.45) is 0 Å². The van der Waals surface area contributed by atoms with Crippen LogP contribution in [-0.4, -0.2) is 17.5 Å². The van der Waals surface area contributed by atoms with Crippen LogP contribution in [0.1, 0.15) is 11.1 Å². The highest BCUT2D eigenvalue weighted by Crippen LogP contribution is 2.26. The van der Waals surface area contributed by atoms with Crippen LogP contribution in [0.2, 0.25) is 0 Å². The van der Waals surface area contributed by atoms with Gasteiger partial charge in [-0.25, -0.2) is 9.37 Å². The van der Waals surface area contributed by atoms with Crippen molar-refractivity contribution in [1.29, 1.82) is 5.26 Å². The second-order valence-electron chi connectivity index (χ2n) is 6.51. The Morgan fingerprint density at radius 1 is 1.10 bits per heavy atom. The Morgan fingerprint density at radius 3 is 2.57 bits per heavy atom. The summed E-state index contributed by atoms with van der Waals surface area (Å²) in [6.45, 7) is -0.704. The highest BCUT2D eigenvalue weighted by atomic mass is 19.1. The second-order valence-corrected chi connectivity index (χ2v) is 6.51. The van der Waals surface area contributed by atoms with Crippen molar-refractivity contribution in [3.8, 4) is 23.3 Å². The van der Waals surface area contributed by atoms with E-state index in [4.69, 9.17) is 14.4 Å². The molecule has 0 unspecified atom stereocenters. The van der Waals surface area contributed by atoms with Crippen LogP contribution in [0.4, 0.5) is 10.1 Å². The second kappa shape index (κ2) is 8.45. The molecule has 30 heavy (non-hydrogen) atoms. The monoisotopic (exact) mass is 401 g/mol. The van der Waals surface area contributed by atoms with Gasteiger partial charge in [0.1, 0.15) is 17.9 Å². The zero-order chi connectivity index (χ0) is 20.9. The summed E-state index contributed by atoms with van der Waals surface area (Å²) in [6, 6.07) is 20.6. The minimum atomic E-state index is -0.540. The minimum absolute atomic E-state index is 0.164. The van der Waals surface area contributed by atoms with Gasteiger partial charge >= 0.3 is 0 Å². The van der Waals surface area contributed by atoms with Crippen LogP contribution < -0.4 is 10.1 Å². The number of aromatic nitrogens is 1. The van der Waals surface area contributed by atoms with Crippen molar-refractivity contribution in [3.63, 3.8) is 0 Å². The van der Waals surface area contributed by atoms with Crippen LogP contribution in [-0.2, 0) is 11.5 Å². The van der Waals surface area contributed by atoms with Crippen molar-refractivity contribution in [2.75, 3.05) is 11.9 Å². The zero-order valence-electron chi connectivity index (χ0n) is 15.8. The Kier molecular flexibility index (Phi) is 5.39. The van der Waals surface area contributed by atoms with Gasteiger partial charge in [-0.3, -0.25) is 4.79 Å². The third-order valence-electron chi connectivity index (χ3n) is 4.38. The molecule has 0 radical (unpaired) electrons. The molecule has 6 nitrogen and oxygen atoms in total. The molecule has 3 aromatic carbocycles. The highest BCUT2D eigenvalue weighted by molar-refractivity contribution is 5.92. The molecule has 1 heterocycles. The van der Waals surface area contributed by atoms with Gasteiger partial charge in [0.25, 0.3) is 5.91 Å². The predicted octanol–water partition coefficient (Wildman–Crippen LogP) is 4.85. The molecular formula is C23H16FN3O3. The van der Waals surface area contributed by atoms with E-state index in [0.29, 0.717) is 39.6 Å². The van der Waals surface area contributed by atoms with E-state index in [1.807, 2.05) is 0 Å². The summed E-state index contributed by atoms with van der Waals surface area (Å²) < 4.78 is 23.6. The molecule has 0 spiro atoms. The van der Waals surface area contributed by atoms with Crippen LogP contribution in [0.3, 0.4) is 0 Å². The van der Waals surface area contributed by atoms with Gasteiger partial charge in [0, 0.05) is 11.3 Å². The van der Waals surface area contributed by atoms with Crippen molar-refractivity contribution >= 4 is 22.7 Å². The van der Waals surface area contributed by atoms with Crippen LogP contribution >= 0.6 is 0 Å². The molecule has 0 atom stereocenters. The lowest BCUT2D eigenvalue weighted by molar-refractivity contribution is -0.118. The van der Waals surface area contributed by atoms with Crippen LogP contribution in [0, 0.1) is 11.3 Å². The summed E-state index contributed by atoms with van der Waals surface area (Å²) in [4.78, 5) is 16.5. The SMILES string of the molecule is N#Cc1ccc2oc(-c3ccc(NC(=O)COc4ccc(CF)cc4)cc3)nc2c1. The summed E-state index contributed by atoms with van der Waals surface area (Å²) in [7, 11) is 0. The van der Waals surface area contributed by atoms with Gasteiger partial charge in [0.15, 0.2) is 12.2 Å². The number of hydrogen-bond donors (Lipinski definition) is 1. The molecule has 0 saturated carbocycles. The topological polar surface area (TPSA) is 88.2 Å². The lowest BCUT2D eigenvalue weighted by atomic mass is 10.2. The number of oxazole rings is 1. The number of amides is 1. The van der Waals surface area contributed by atoms with Crippen LogP contribution in [0.25, 0.3) is 22.6 Å². The molecule has 1 amide bonds. The zero-order valence-corrected chi connectivity index (χ0v) is 15.8. The van der Waals surface area contributed by atoms with E-state index in [9.17, 15) is 9.18 Å². The van der Waals surface area contributed by atoms with E-state index in [2.05, 4.69) is 16.4 Å². The van der Waals surface area contributed by atoms with Gasteiger partial charge in [-0.2, -0.15) is 5.26 Å². The number of benzene rings is 3. The number of nitrogens with one attached hydrogen (secondary N) is 1. The van der Waals surface area contributed by atoms with Gasteiger partial charge in [0.2, 0.25) is 5.89 Å². The first kappa shape index (κ1) is 19.2. The number of anilines is 1. The average Bonchev–Trinajstić information content (AvgIpc) is 3.22. The Balaban J connectivity index is 1.38. The predicted molar refractivity (Wildman–Crippen MR) is 110 cm³/mol. The number of fused-ring (bicyclic) bond motifs is 1. The maximum Gasteiger partial charge on any atom is 0.262 e. The largest absolute Gasteiger partial charge is 0.484 e. The molecule has 0 bridgehead atoms. The third-order valence-corrected chi connectivity index (χ3v) is 4.38. The molecule has 0 saturated heterocycles. The van der Waals surface area contributed by atoms with E-state index in [1.54, 1.807) is 66.7 Å². The average molecular weight is 401 g/mol. The first-order valence-corrected chi connectivity index (χ1v) is 9.13. The fourth-order valence-electron chi connectivity index (χ4n) is 2.84. The van der Waals surface area contributed by atoms with Crippen molar-refractivity contribution in [2.45, 2.75) is 6.67 Å². The Morgan fingerprint density at radius 2 is 1.87 bits per heavy atom. The molecule has 0 aliphatic heterocycles. The Labute approximate surface area is 171 Å². The van der Waals surface area contributed by atoms with Crippen molar-refractivity contribution < 1.29 is 18.3 Å². The Hall–Kier alpha value is -4.18. The number of carbonyl (C=O) groups excluding carboxylic acids is 1. The summed E-state index contributed by atoms with van der Waals surface area (Å²) in [5, 5.41) is 11.7. The van der Waals surface area contributed by atoms with Crippen LogP contribution in [0.15, 0.2) is 71.1 Å². The number of carbonyl (C=O) groups is 1.